The van der Waals surface area contributed by atoms with Crippen LogP contribution >= 0.6 is 0 Å². The number of benzene rings is 3. The van der Waals surface area contributed by atoms with Crippen LogP contribution in [-0.4, -0.2) is 38.3 Å². The van der Waals surface area contributed by atoms with E-state index in [1.165, 1.54) is 31.5 Å². The van der Waals surface area contributed by atoms with E-state index in [0.29, 0.717) is 17.0 Å². The van der Waals surface area contributed by atoms with E-state index in [9.17, 15) is 15.2 Å². The Balaban J connectivity index is 1.56. The molecule has 4 aromatic rings. The number of rotatable bonds is 9. The highest BCUT2D eigenvalue weighted by molar-refractivity contribution is 5.81. The van der Waals surface area contributed by atoms with Crippen LogP contribution in [0.3, 0.4) is 0 Å². The highest BCUT2D eigenvalue weighted by Crippen LogP contribution is 2.25. The van der Waals surface area contributed by atoms with Gasteiger partial charge in [-0.25, -0.2) is 5.43 Å². The predicted molar refractivity (Wildman–Crippen MR) is 132 cm³/mol. The van der Waals surface area contributed by atoms with Crippen LogP contribution in [0.15, 0.2) is 77.9 Å². The molecule has 0 radical (unpaired) electrons. The fourth-order valence-electron chi connectivity index (χ4n) is 2.94. The van der Waals surface area contributed by atoms with E-state index < -0.39 is 4.92 Å². The lowest BCUT2D eigenvalue weighted by atomic mass is 10.2. The van der Waals surface area contributed by atoms with Gasteiger partial charge in [0.2, 0.25) is 17.8 Å². The molecule has 0 aliphatic carbocycles. The number of nitrogens with one attached hydrogen (secondary N) is 3. The van der Waals surface area contributed by atoms with Gasteiger partial charge in [0.05, 0.1) is 18.2 Å². The maximum atomic E-state index is 10.9. The second-order valence-corrected chi connectivity index (χ2v) is 7.03. The Morgan fingerprint density at radius 1 is 0.914 bits per heavy atom. The van der Waals surface area contributed by atoms with Gasteiger partial charge in [0.15, 0.2) is 11.5 Å². The van der Waals surface area contributed by atoms with Crippen molar-refractivity contribution in [1.82, 2.24) is 15.0 Å². The monoisotopic (exact) mass is 472 g/mol. The van der Waals surface area contributed by atoms with E-state index in [1.807, 2.05) is 30.3 Å². The molecule has 0 amide bonds. The first-order valence-corrected chi connectivity index (χ1v) is 10.3. The number of phenols is 1. The van der Waals surface area contributed by atoms with Gasteiger partial charge in [0, 0.05) is 23.5 Å². The van der Waals surface area contributed by atoms with Gasteiger partial charge >= 0.3 is 0 Å². The number of phenolic OH excluding ortho intramolecular Hbond substituents is 1. The summed E-state index contributed by atoms with van der Waals surface area (Å²) in [5.74, 6) is 0.908. The lowest BCUT2D eigenvalue weighted by Crippen LogP contribution is -2.07. The molecule has 0 fully saturated rings. The fraction of sp³-hybridized carbons (Fsp3) is 0.0435. The number of aromatic nitrogens is 3. The Hall–Kier alpha value is -5.26. The number of para-hydroxylation sites is 1. The van der Waals surface area contributed by atoms with Crippen LogP contribution in [-0.2, 0) is 0 Å². The largest absolute Gasteiger partial charge is 0.504 e. The number of hydrogen-bond acceptors (Lipinski definition) is 11. The van der Waals surface area contributed by atoms with Gasteiger partial charge in [-0.05, 0) is 48.0 Å². The second-order valence-electron chi connectivity index (χ2n) is 7.03. The first-order valence-electron chi connectivity index (χ1n) is 10.3. The maximum Gasteiger partial charge on any atom is 0.269 e. The Morgan fingerprint density at radius 3 is 2.14 bits per heavy atom. The van der Waals surface area contributed by atoms with Crippen molar-refractivity contribution >= 4 is 41.1 Å². The molecule has 0 spiro atoms. The summed E-state index contributed by atoms with van der Waals surface area (Å²) in [6.07, 6.45) is 1.48. The minimum absolute atomic E-state index is 0.0134. The molecule has 1 heterocycles. The SMILES string of the molecule is COc1ccc(/C=N/Nc2nc(Nc3ccccc3)nc(Nc3ccc([N+](=O)[O-])cc3)n2)cc1O. The number of anilines is 5. The standard InChI is InChI=1S/C23H20N8O4/c1-35-20-12-7-15(13-19(20)32)14-24-30-23-28-21(25-16-5-3-2-4-6-16)27-22(29-23)26-17-8-10-18(11-9-17)31(33)34/h2-14,32H,1H3,(H3,25,26,27,28,29,30)/b24-14+. The number of nitrogens with zero attached hydrogens (tertiary/aromatic N) is 5. The van der Waals surface area contributed by atoms with E-state index in [1.54, 1.807) is 24.3 Å². The highest BCUT2D eigenvalue weighted by atomic mass is 16.6. The molecule has 0 saturated heterocycles. The molecule has 12 heteroatoms. The van der Waals surface area contributed by atoms with Gasteiger partial charge in [0.25, 0.3) is 5.69 Å². The lowest BCUT2D eigenvalue weighted by Gasteiger charge is -2.10. The number of hydrogen-bond donors (Lipinski definition) is 4. The molecule has 35 heavy (non-hydrogen) atoms. The summed E-state index contributed by atoms with van der Waals surface area (Å²) in [5.41, 5.74) is 4.65. The van der Waals surface area contributed by atoms with Crippen molar-refractivity contribution in [3.63, 3.8) is 0 Å². The van der Waals surface area contributed by atoms with Crippen LogP contribution in [0.4, 0.5) is 34.9 Å². The lowest BCUT2D eigenvalue weighted by molar-refractivity contribution is -0.384. The molecule has 0 bridgehead atoms. The maximum absolute atomic E-state index is 10.9. The Bertz CT molecular complexity index is 1350. The summed E-state index contributed by atoms with van der Waals surface area (Å²) in [7, 11) is 1.47. The Kier molecular flexibility index (Phi) is 6.92. The molecule has 0 atom stereocenters. The topological polar surface area (TPSA) is 160 Å². The quantitative estimate of drug-likeness (QED) is 0.156. The molecule has 0 aliphatic heterocycles. The van der Waals surface area contributed by atoms with Crippen molar-refractivity contribution in [2.75, 3.05) is 23.2 Å². The van der Waals surface area contributed by atoms with Gasteiger partial charge in [-0.2, -0.15) is 20.1 Å². The third-order valence-electron chi connectivity index (χ3n) is 4.58. The van der Waals surface area contributed by atoms with E-state index in [4.69, 9.17) is 4.74 Å². The summed E-state index contributed by atoms with van der Waals surface area (Å²) in [5, 5.41) is 31.0. The number of aromatic hydroxyl groups is 1. The first-order chi connectivity index (χ1) is 17.0. The fourth-order valence-corrected chi connectivity index (χ4v) is 2.94. The summed E-state index contributed by atoms with van der Waals surface area (Å²) in [6.45, 7) is 0. The van der Waals surface area contributed by atoms with Crippen molar-refractivity contribution < 1.29 is 14.8 Å². The number of nitro benzene ring substituents is 1. The summed E-state index contributed by atoms with van der Waals surface area (Å²) < 4.78 is 5.03. The average Bonchev–Trinajstić information content (AvgIpc) is 2.85. The number of hydrazone groups is 1. The zero-order valence-corrected chi connectivity index (χ0v) is 18.4. The first kappa shape index (κ1) is 22.9. The molecule has 4 rings (SSSR count). The van der Waals surface area contributed by atoms with E-state index in [-0.39, 0.29) is 29.3 Å². The molecule has 0 saturated carbocycles. The van der Waals surface area contributed by atoms with Crippen LogP contribution in [0.5, 0.6) is 11.5 Å². The molecule has 1 aromatic heterocycles. The number of methoxy groups -OCH3 is 1. The second kappa shape index (κ2) is 10.6. The Morgan fingerprint density at radius 2 is 1.54 bits per heavy atom. The number of ether oxygens (including phenoxy) is 1. The van der Waals surface area contributed by atoms with Gasteiger partial charge in [-0.1, -0.05) is 18.2 Å². The van der Waals surface area contributed by atoms with Crippen molar-refractivity contribution in [2.24, 2.45) is 5.10 Å². The van der Waals surface area contributed by atoms with Crippen LogP contribution in [0.2, 0.25) is 0 Å². The highest BCUT2D eigenvalue weighted by Gasteiger charge is 2.09. The number of non-ortho nitro benzene ring substituents is 1. The zero-order chi connectivity index (χ0) is 24.6. The summed E-state index contributed by atoms with van der Waals surface area (Å²) in [6, 6.07) is 20.0. The van der Waals surface area contributed by atoms with Gasteiger partial charge in [-0.3, -0.25) is 10.1 Å². The summed E-state index contributed by atoms with van der Waals surface area (Å²) >= 11 is 0. The van der Waals surface area contributed by atoms with Crippen molar-refractivity contribution in [2.45, 2.75) is 0 Å². The number of nitro groups is 1. The molecule has 3 aromatic carbocycles. The molecule has 0 unspecified atom stereocenters. The van der Waals surface area contributed by atoms with Gasteiger partial charge in [-0.15, -0.1) is 0 Å². The molecule has 12 nitrogen and oxygen atoms in total. The molecule has 176 valence electrons. The van der Waals surface area contributed by atoms with Gasteiger partial charge in [0.1, 0.15) is 0 Å². The average molecular weight is 472 g/mol. The van der Waals surface area contributed by atoms with Crippen molar-refractivity contribution in [3.05, 3.63) is 88.5 Å². The van der Waals surface area contributed by atoms with Gasteiger partial charge < -0.3 is 20.5 Å². The van der Waals surface area contributed by atoms with Crippen LogP contribution in [0.1, 0.15) is 5.56 Å². The van der Waals surface area contributed by atoms with Crippen LogP contribution < -0.4 is 20.8 Å². The van der Waals surface area contributed by atoms with E-state index >= 15 is 0 Å². The Labute approximate surface area is 199 Å². The smallest absolute Gasteiger partial charge is 0.269 e. The molecule has 0 aliphatic rings. The zero-order valence-electron chi connectivity index (χ0n) is 18.4. The van der Waals surface area contributed by atoms with E-state index in [0.717, 1.165) is 5.69 Å². The molecular formula is C23H20N8O4. The van der Waals surface area contributed by atoms with Crippen molar-refractivity contribution in [1.29, 1.82) is 0 Å². The van der Waals surface area contributed by atoms with E-state index in [2.05, 4.69) is 36.1 Å². The minimum atomic E-state index is -0.475. The minimum Gasteiger partial charge on any atom is -0.504 e. The molecule has 4 N–H and O–H groups in total. The third kappa shape index (κ3) is 6.16. The summed E-state index contributed by atoms with van der Waals surface area (Å²) in [4.78, 5) is 23.4. The van der Waals surface area contributed by atoms with Crippen LogP contribution in [0, 0.1) is 10.1 Å². The normalized spacial score (nSPS) is 10.7. The third-order valence-corrected chi connectivity index (χ3v) is 4.58. The predicted octanol–water partition coefficient (Wildman–Crippen LogP) is 4.43. The molecular weight excluding hydrogens is 452 g/mol. The van der Waals surface area contributed by atoms with Crippen LogP contribution in [0.25, 0.3) is 0 Å². The van der Waals surface area contributed by atoms with Crippen molar-refractivity contribution in [3.8, 4) is 11.5 Å².